The molecule has 0 fully saturated rings. The van der Waals surface area contributed by atoms with Gasteiger partial charge < -0.3 is 19.3 Å². The van der Waals surface area contributed by atoms with Gasteiger partial charge in [0.1, 0.15) is 11.5 Å². The molecule has 1 N–H and O–H groups in total. The first-order chi connectivity index (χ1) is 16.8. The minimum absolute atomic E-state index is 0.263. The van der Waals surface area contributed by atoms with Gasteiger partial charge in [-0.05, 0) is 67.3 Å². The number of nitrogens with zero attached hydrogens (tertiary/aromatic N) is 2. The van der Waals surface area contributed by atoms with E-state index < -0.39 is 6.09 Å². The van der Waals surface area contributed by atoms with Crippen LogP contribution in [0, 0.1) is 20.8 Å². The monoisotopic (exact) mass is 472 g/mol. The number of anilines is 1. The SMILES string of the molecule is COc1cc2nccc(Oc3ccc(N(Cc4ccccc4C)C(=O)O)c(C)c3C)c2cc1OC. The van der Waals surface area contributed by atoms with E-state index in [0.29, 0.717) is 34.2 Å². The van der Waals surface area contributed by atoms with Crippen LogP contribution in [0.25, 0.3) is 10.9 Å². The number of hydrogen-bond acceptors (Lipinski definition) is 5. The lowest BCUT2D eigenvalue weighted by Gasteiger charge is -2.24. The quantitative estimate of drug-likeness (QED) is 0.324. The average Bonchev–Trinajstić information content (AvgIpc) is 2.86. The summed E-state index contributed by atoms with van der Waals surface area (Å²) in [6.07, 6.45) is 0.666. The molecule has 0 spiro atoms. The Morgan fingerprint density at radius 3 is 2.29 bits per heavy atom. The first-order valence-electron chi connectivity index (χ1n) is 11.2. The highest BCUT2D eigenvalue weighted by Gasteiger charge is 2.21. The lowest BCUT2D eigenvalue weighted by atomic mass is 10.0. The summed E-state index contributed by atoms with van der Waals surface area (Å²) in [4.78, 5) is 18.0. The van der Waals surface area contributed by atoms with Crippen molar-refractivity contribution in [2.24, 2.45) is 0 Å². The molecular weight excluding hydrogens is 444 g/mol. The van der Waals surface area contributed by atoms with Crippen molar-refractivity contribution in [2.45, 2.75) is 27.3 Å². The highest BCUT2D eigenvalue weighted by atomic mass is 16.5. The Kier molecular flexibility index (Phi) is 6.78. The fourth-order valence-corrected chi connectivity index (χ4v) is 4.05. The molecule has 3 aromatic carbocycles. The number of amides is 1. The number of carboxylic acid groups (broad SMARTS) is 1. The molecule has 7 heteroatoms. The number of fused-ring (bicyclic) bond motifs is 1. The normalized spacial score (nSPS) is 10.8. The molecule has 0 bridgehead atoms. The lowest BCUT2D eigenvalue weighted by molar-refractivity contribution is 0.201. The number of pyridine rings is 1. The van der Waals surface area contributed by atoms with Crippen LogP contribution < -0.4 is 19.1 Å². The smallest absolute Gasteiger partial charge is 0.412 e. The third-order valence-corrected chi connectivity index (χ3v) is 6.25. The molecule has 0 aliphatic rings. The Morgan fingerprint density at radius 1 is 0.886 bits per heavy atom. The van der Waals surface area contributed by atoms with E-state index in [9.17, 15) is 9.90 Å². The summed E-state index contributed by atoms with van der Waals surface area (Å²) in [6.45, 7) is 6.08. The number of ether oxygens (including phenoxy) is 3. The van der Waals surface area contributed by atoms with E-state index in [1.165, 1.54) is 4.90 Å². The molecule has 0 atom stereocenters. The minimum atomic E-state index is -1.01. The van der Waals surface area contributed by atoms with Crippen molar-refractivity contribution in [3.8, 4) is 23.0 Å². The van der Waals surface area contributed by atoms with Crippen LogP contribution in [0.4, 0.5) is 10.5 Å². The topological polar surface area (TPSA) is 81.1 Å². The highest BCUT2D eigenvalue weighted by molar-refractivity contribution is 5.89. The molecule has 0 radical (unpaired) electrons. The summed E-state index contributed by atoms with van der Waals surface area (Å²) in [7, 11) is 3.16. The van der Waals surface area contributed by atoms with Crippen molar-refractivity contribution in [1.29, 1.82) is 0 Å². The minimum Gasteiger partial charge on any atom is -0.493 e. The molecule has 0 aliphatic heterocycles. The van der Waals surface area contributed by atoms with Gasteiger partial charge in [0.15, 0.2) is 11.5 Å². The number of hydrogen-bond donors (Lipinski definition) is 1. The van der Waals surface area contributed by atoms with Gasteiger partial charge in [0.25, 0.3) is 0 Å². The Morgan fingerprint density at radius 2 is 1.60 bits per heavy atom. The van der Waals surface area contributed by atoms with E-state index >= 15 is 0 Å². The van der Waals surface area contributed by atoms with Crippen molar-refractivity contribution in [3.63, 3.8) is 0 Å². The van der Waals surface area contributed by atoms with Gasteiger partial charge >= 0.3 is 6.09 Å². The van der Waals surface area contributed by atoms with Crippen molar-refractivity contribution < 1.29 is 24.1 Å². The van der Waals surface area contributed by atoms with Crippen LogP contribution in [-0.4, -0.2) is 30.4 Å². The van der Waals surface area contributed by atoms with Crippen LogP contribution in [0.15, 0.2) is 60.8 Å². The predicted octanol–water partition coefficient (Wildman–Crippen LogP) is 6.65. The van der Waals surface area contributed by atoms with Crippen LogP contribution in [0.2, 0.25) is 0 Å². The summed E-state index contributed by atoms with van der Waals surface area (Å²) in [5.74, 6) is 2.41. The summed E-state index contributed by atoms with van der Waals surface area (Å²) < 4.78 is 17.1. The Labute approximate surface area is 204 Å². The van der Waals surface area contributed by atoms with Gasteiger partial charge in [0.05, 0.1) is 32.0 Å². The second kappa shape index (κ2) is 9.93. The molecule has 1 heterocycles. The Bertz CT molecular complexity index is 1400. The molecule has 7 nitrogen and oxygen atoms in total. The van der Waals surface area contributed by atoms with E-state index in [4.69, 9.17) is 14.2 Å². The third-order valence-electron chi connectivity index (χ3n) is 6.25. The first kappa shape index (κ1) is 23.9. The van der Waals surface area contributed by atoms with Crippen molar-refractivity contribution >= 4 is 22.7 Å². The number of carbonyl (C=O) groups is 1. The maximum absolute atomic E-state index is 12.2. The van der Waals surface area contributed by atoms with Crippen LogP contribution >= 0.6 is 0 Å². The molecule has 35 heavy (non-hydrogen) atoms. The Hall–Kier alpha value is -4.26. The number of rotatable bonds is 7. The van der Waals surface area contributed by atoms with Crippen LogP contribution in [0.1, 0.15) is 22.3 Å². The average molecular weight is 473 g/mol. The highest BCUT2D eigenvalue weighted by Crippen LogP contribution is 2.39. The second-order valence-electron chi connectivity index (χ2n) is 8.26. The van der Waals surface area contributed by atoms with Crippen LogP contribution in [0.3, 0.4) is 0 Å². The van der Waals surface area contributed by atoms with E-state index in [1.54, 1.807) is 44.7 Å². The lowest BCUT2D eigenvalue weighted by Crippen LogP contribution is -2.29. The molecule has 4 aromatic rings. The Balaban J connectivity index is 1.71. The zero-order valence-corrected chi connectivity index (χ0v) is 20.5. The van der Waals surface area contributed by atoms with Crippen LogP contribution in [0.5, 0.6) is 23.0 Å². The van der Waals surface area contributed by atoms with Gasteiger partial charge in [-0.15, -0.1) is 0 Å². The third kappa shape index (κ3) is 4.71. The van der Waals surface area contributed by atoms with E-state index in [-0.39, 0.29) is 6.54 Å². The van der Waals surface area contributed by atoms with Crippen LogP contribution in [-0.2, 0) is 6.54 Å². The summed E-state index contributed by atoms with van der Waals surface area (Å²) in [5.41, 5.74) is 5.02. The molecule has 0 unspecified atom stereocenters. The van der Waals surface area contributed by atoms with Gasteiger partial charge in [-0.2, -0.15) is 0 Å². The van der Waals surface area contributed by atoms with Gasteiger partial charge in [-0.25, -0.2) is 4.79 Å². The molecule has 0 saturated carbocycles. The zero-order valence-electron chi connectivity index (χ0n) is 20.5. The molecule has 180 valence electrons. The number of methoxy groups -OCH3 is 2. The van der Waals surface area contributed by atoms with Gasteiger partial charge in [-0.1, -0.05) is 24.3 Å². The largest absolute Gasteiger partial charge is 0.493 e. The van der Waals surface area contributed by atoms with E-state index in [2.05, 4.69) is 4.98 Å². The first-order valence-corrected chi connectivity index (χ1v) is 11.2. The molecule has 4 rings (SSSR count). The number of aryl methyl sites for hydroxylation is 1. The summed E-state index contributed by atoms with van der Waals surface area (Å²) in [6, 6.07) is 16.8. The molecule has 1 aromatic heterocycles. The van der Waals surface area contributed by atoms with Crippen molar-refractivity contribution in [1.82, 2.24) is 4.98 Å². The van der Waals surface area contributed by atoms with Crippen molar-refractivity contribution in [3.05, 3.63) is 83.0 Å². The molecule has 0 aliphatic carbocycles. The summed E-state index contributed by atoms with van der Waals surface area (Å²) >= 11 is 0. The zero-order chi connectivity index (χ0) is 25.1. The second-order valence-corrected chi connectivity index (χ2v) is 8.26. The van der Waals surface area contributed by atoms with Crippen molar-refractivity contribution in [2.75, 3.05) is 19.1 Å². The fraction of sp³-hybridized carbons (Fsp3) is 0.214. The molecular formula is C28H28N2O5. The van der Waals surface area contributed by atoms with E-state index in [0.717, 1.165) is 27.6 Å². The van der Waals surface area contributed by atoms with Gasteiger partial charge in [-0.3, -0.25) is 9.88 Å². The van der Waals surface area contributed by atoms with Gasteiger partial charge in [0, 0.05) is 17.6 Å². The maximum atomic E-state index is 12.2. The fourth-order valence-electron chi connectivity index (χ4n) is 4.05. The molecule has 1 amide bonds. The van der Waals surface area contributed by atoms with E-state index in [1.807, 2.05) is 51.1 Å². The number of benzene rings is 3. The molecule has 0 saturated heterocycles. The standard InChI is InChI=1S/C28H28N2O5/c1-17-8-6-7-9-20(17)16-30(28(31)32)23-10-11-24(19(3)18(23)2)35-25-12-13-29-22-15-27(34-5)26(33-4)14-21(22)25/h6-15H,16H2,1-5H3,(H,31,32). The maximum Gasteiger partial charge on any atom is 0.412 e. The van der Waals surface area contributed by atoms with Gasteiger partial charge in [0.2, 0.25) is 0 Å². The summed E-state index contributed by atoms with van der Waals surface area (Å²) in [5, 5.41) is 10.8. The predicted molar refractivity (Wildman–Crippen MR) is 136 cm³/mol. The number of aromatic nitrogens is 1.